The molecule has 0 radical (unpaired) electrons. The Labute approximate surface area is 79.1 Å². The molecule has 1 aromatic rings. The van der Waals surface area contributed by atoms with Crippen molar-refractivity contribution in [3.05, 3.63) is 47.5 Å². The maximum Gasteiger partial charge on any atom is 0.188 e. The molecule has 68 valence electrons. The third-order valence-corrected chi connectivity index (χ3v) is 2.01. The highest BCUT2D eigenvalue weighted by Crippen LogP contribution is 2.08. The summed E-state index contributed by atoms with van der Waals surface area (Å²) < 4.78 is 0. The maximum absolute atomic E-state index is 11.4. The molecule has 1 rings (SSSR count). The van der Waals surface area contributed by atoms with Crippen LogP contribution in [0.5, 0.6) is 0 Å². The molecule has 0 aliphatic carbocycles. The number of ketones is 1. The number of carbonyl (C=O) groups is 1. The van der Waals surface area contributed by atoms with Crippen LogP contribution in [0.1, 0.15) is 29.8 Å². The quantitative estimate of drug-likeness (QED) is 0.508. The predicted octanol–water partition coefficient (Wildman–Crippen LogP) is 3.01. The van der Waals surface area contributed by atoms with Crippen LogP contribution in [0.15, 0.2) is 36.4 Å². The van der Waals surface area contributed by atoms with Crippen molar-refractivity contribution in [2.24, 2.45) is 0 Å². The van der Waals surface area contributed by atoms with Crippen molar-refractivity contribution in [2.45, 2.75) is 20.3 Å². The van der Waals surface area contributed by atoms with Gasteiger partial charge >= 0.3 is 0 Å². The number of carbonyl (C=O) groups excluding carboxylic acids is 1. The lowest BCUT2D eigenvalue weighted by atomic mass is 10.0. The zero-order valence-electron chi connectivity index (χ0n) is 8.13. The average Bonchev–Trinajstić information content (AvgIpc) is 2.17. The molecular formula is C12H14O. The molecule has 0 aromatic heterocycles. The number of allylic oxidation sites excluding steroid dienone is 1. The van der Waals surface area contributed by atoms with E-state index in [-0.39, 0.29) is 5.78 Å². The molecule has 0 unspecified atom stereocenters. The average molecular weight is 174 g/mol. The van der Waals surface area contributed by atoms with E-state index in [1.807, 2.05) is 24.3 Å². The molecule has 0 heterocycles. The molecule has 1 heteroatoms. The lowest BCUT2D eigenvalue weighted by Crippen LogP contribution is -1.99. The molecule has 0 saturated carbocycles. The van der Waals surface area contributed by atoms with E-state index in [0.717, 1.165) is 12.0 Å². The highest BCUT2D eigenvalue weighted by Gasteiger charge is 2.04. The summed E-state index contributed by atoms with van der Waals surface area (Å²) in [6, 6.07) is 7.68. The first-order chi connectivity index (χ1) is 6.15. The van der Waals surface area contributed by atoms with Crippen LogP contribution >= 0.6 is 0 Å². The van der Waals surface area contributed by atoms with Crippen LogP contribution in [0, 0.1) is 0 Å². The summed E-state index contributed by atoms with van der Waals surface area (Å²) in [6.45, 7) is 7.45. The summed E-state index contributed by atoms with van der Waals surface area (Å²) in [5, 5.41) is 0. The molecule has 0 N–H and O–H groups in total. The zero-order chi connectivity index (χ0) is 9.84. The lowest BCUT2D eigenvalue weighted by molar-refractivity contribution is 0.103. The topological polar surface area (TPSA) is 17.1 Å². The van der Waals surface area contributed by atoms with Crippen molar-refractivity contribution in [3.8, 4) is 0 Å². The van der Waals surface area contributed by atoms with E-state index in [9.17, 15) is 4.79 Å². The maximum atomic E-state index is 11.4. The largest absolute Gasteiger partial charge is 0.289 e. The smallest absolute Gasteiger partial charge is 0.188 e. The first kappa shape index (κ1) is 9.72. The van der Waals surface area contributed by atoms with Crippen LogP contribution in [0.25, 0.3) is 0 Å². The Kier molecular flexibility index (Phi) is 3.02. The van der Waals surface area contributed by atoms with Gasteiger partial charge in [0, 0.05) is 5.56 Å². The Hall–Kier alpha value is -1.37. The van der Waals surface area contributed by atoms with Gasteiger partial charge in [-0.05, 0) is 24.5 Å². The molecule has 0 fully saturated rings. The molecule has 0 bridgehead atoms. The Bertz CT molecular complexity index is 319. The van der Waals surface area contributed by atoms with Crippen LogP contribution in [0.2, 0.25) is 0 Å². The van der Waals surface area contributed by atoms with Crippen molar-refractivity contribution in [1.29, 1.82) is 0 Å². The van der Waals surface area contributed by atoms with E-state index in [2.05, 4.69) is 13.5 Å². The molecule has 0 saturated heterocycles. The van der Waals surface area contributed by atoms with E-state index in [1.165, 1.54) is 5.56 Å². The summed E-state index contributed by atoms with van der Waals surface area (Å²) in [6.07, 6.45) is 1.00. The van der Waals surface area contributed by atoms with Gasteiger partial charge in [-0.2, -0.15) is 0 Å². The van der Waals surface area contributed by atoms with Crippen LogP contribution in [0.4, 0.5) is 0 Å². The van der Waals surface area contributed by atoms with Crippen LogP contribution in [0.3, 0.4) is 0 Å². The molecule has 0 spiro atoms. The van der Waals surface area contributed by atoms with Crippen LogP contribution in [-0.2, 0) is 6.42 Å². The predicted molar refractivity (Wildman–Crippen MR) is 55.0 cm³/mol. The fourth-order valence-electron chi connectivity index (χ4n) is 1.14. The van der Waals surface area contributed by atoms with Crippen molar-refractivity contribution in [3.63, 3.8) is 0 Å². The summed E-state index contributed by atoms with van der Waals surface area (Å²) in [7, 11) is 0. The van der Waals surface area contributed by atoms with Crippen molar-refractivity contribution >= 4 is 5.78 Å². The second kappa shape index (κ2) is 4.04. The lowest BCUT2D eigenvalue weighted by Gasteiger charge is -2.00. The molecule has 0 atom stereocenters. The SMILES string of the molecule is C=C(C)C(=O)c1ccc(CC)cc1. The normalized spacial score (nSPS) is 9.69. The van der Waals surface area contributed by atoms with E-state index < -0.39 is 0 Å². The second-order valence-corrected chi connectivity index (χ2v) is 3.16. The first-order valence-corrected chi connectivity index (χ1v) is 4.44. The van der Waals surface area contributed by atoms with Gasteiger partial charge in [-0.3, -0.25) is 4.79 Å². The number of rotatable bonds is 3. The Morgan fingerprint density at radius 2 is 1.85 bits per heavy atom. The number of Topliss-reactive ketones (excluding diaryl/α,β-unsaturated/α-hetero) is 1. The zero-order valence-corrected chi connectivity index (χ0v) is 8.13. The highest BCUT2D eigenvalue weighted by molar-refractivity contribution is 6.07. The molecule has 1 nitrogen and oxygen atoms in total. The first-order valence-electron chi connectivity index (χ1n) is 4.44. The van der Waals surface area contributed by atoms with E-state index in [4.69, 9.17) is 0 Å². The standard InChI is InChI=1S/C12H14O/c1-4-10-5-7-11(8-6-10)12(13)9(2)3/h5-8H,2,4H2,1,3H3. The van der Waals surface area contributed by atoms with Gasteiger partial charge in [-0.25, -0.2) is 0 Å². The van der Waals surface area contributed by atoms with E-state index >= 15 is 0 Å². The van der Waals surface area contributed by atoms with Gasteiger partial charge in [0.2, 0.25) is 0 Å². The van der Waals surface area contributed by atoms with Crippen molar-refractivity contribution in [2.75, 3.05) is 0 Å². The van der Waals surface area contributed by atoms with Gasteiger partial charge in [-0.15, -0.1) is 0 Å². The van der Waals surface area contributed by atoms with Gasteiger partial charge in [0.15, 0.2) is 5.78 Å². The summed E-state index contributed by atoms with van der Waals surface area (Å²) in [4.78, 5) is 11.4. The second-order valence-electron chi connectivity index (χ2n) is 3.16. The third-order valence-electron chi connectivity index (χ3n) is 2.01. The number of aryl methyl sites for hydroxylation is 1. The van der Waals surface area contributed by atoms with Crippen LogP contribution in [-0.4, -0.2) is 5.78 Å². The fraction of sp³-hybridized carbons (Fsp3) is 0.250. The minimum Gasteiger partial charge on any atom is -0.289 e. The number of hydrogen-bond donors (Lipinski definition) is 0. The van der Waals surface area contributed by atoms with E-state index in [0.29, 0.717) is 5.57 Å². The fourth-order valence-corrected chi connectivity index (χ4v) is 1.14. The molecular weight excluding hydrogens is 160 g/mol. The van der Waals surface area contributed by atoms with Gasteiger partial charge in [0.25, 0.3) is 0 Å². The molecule has 0 aliphatic rings. The monoisotopic (exact) mass is 174 g/mol. The molecule has 0 amide bonds. The van der Waals surface area contributed by atoms with Crippen molar-refractivity contribution in [1.82, 2.24) is 0 Å². The minimum atomic E-state index is 0.0302. The van der Waals surface area contributed by atoms with Crippen LogP contribution < -0.4 is 0 Å². The van der Waals surface area contributed by atoms with Gasteiger partial charge in [0.05, 0.1) is 0 Å². The summed E-state index contributed by atoms with van der Waals surface area (Å²) in [5.41, 5.74) is 2.56. The van der Waals surface area contributed by atoms with E-state index in [1.54, 1.807) is 6.92 Å². The summed E-state index contributed by atoms with van der Waals surface area (Å²) >= 11 is 0. The Morgan fingerprint density at radius 1 is 1.31 bits per heavy atom. The molecule has 13 heavy (non-hydrogen) atoms. The Balaban J connectivity index is 2.92. The third kappa shape index (κ3) is 2.28. The summed E-state index contributed by atoms with van der Waals surface area (Å²) in [5.74, 6) is 0.0302. The number of hydrogen-bond acceptors (Lipinski definition) is 1. The minimum absolute atomic E-state index is 0.0302. The van der Waals surface area contributed by atoms with Gasteiger partial charge in [0.1, 0.15) is 0 Å². The highest BCUT2D eigenvalue weighted by atomic mass is 16.1. The number of benzene rings is 1. The molecule has 0 aliphatic heterocycles. The van der Waals surface area contributed by atoms with Crippen molar-refractivity contribution < 1.29 is 4.79 Å². The molecule has 1 aromatic carbocycles. The van der Waals surface area contributed by atoms with Gasteiger partial charge in [-0.1, -0.05) is 37.8 Å². The van der Waals surface area contributed by atoms with Gasteiger partial charge < -0.3 is 0 Å². The Morgan fingerprint density at radius 3 is 2.23 bits per heavy atom.